The summed E-state index contributed by atoms with van der Waals surface area (Å²) in [6.07, 6.45) is 6.58. The second kappa shape index (κ2) is 6.23. The number of rotatable bonds is 4. The SMILES string of the molecule is CC(C)C(N)CC(=O)NC1CC2CCCC(C1)N2C. The molecule has 3 N–H and O–H groups in total. The van der Waals surface area contributed by atoms with Gasteiger partial charge in [0, 0.05) is 30.6 Å². The number of fused-ring (bicyclic) bond motifs is 2. The number of hydrogen-bond donors (Lipinski definition) is 2. The summed E-state index contributed by atoms with van der Waals surface area (Å²) < 4.78 is 0. The van der Waals surface area contributed by atoms with E-state index < -0.39 is 0 Å². The number of nitrogens with two attached hydrogens (primary N) is 1. The van der Waals surface area contributed by atoms with E-state index in [1.807, 2.05) is 0 Å². The van der Waals surface area contributed by atoms with Crippen LogP contribution in [0.3, 0.4) is 0 Å². The van der Waals surface area contributed by atoms with Crippen molar-refractivity contribution in [1.82, 2.24) is 10.2 Å². The predicted molar refractivity (Wildman–Crippen MR) is 77.8 cm³/mol. The summed E-state index contributed by atoms with van der Waals surface area (Å²) in [4.78, 5) is 14.5. The van der Waals surface area contributed by atoms with Crippen LogP contribution in [0.4, 0.5) is 0 Å². The zero-order valence-corrected chi connectivity index (χ0v) is 12.6. The van der Waals surface area contributed by atoms with E-state index in [4.69, 9.17) is 5.73 Å². The molecule has 0 radical (unpaired) electrons. The maximum Gasteiger partial charge on any atom is 0.221 e. The highest BCUT2D eigenvalue weighted by atomic mass is 16.1. The van der Waals surface area contributed by atoms with Crippen molar-refractivity contribution in [3.63, 3.8) is 0 Å². The van der Waals surface area contributed by atoms with Gasteiger partial charge in [0.1, 0.15) is 0 Å². The molecule has 0 aromatic rings. The van der Waals surface area contributed by atoms with Gasteiger partial charge < -0.3 is 16.0 Å². The molecule has 0 aromatic carbocycles. The summed E-state index contributed by atoms with van der Waals surface area (Å²) in [5.74, 6) is 0.497. The minimum Gasteiger partial charge on any atom is -0.353 e. The normalized spacial score (nSPS) is 33.2. The topological polar surface area (TPSA) is 58.4 Å². The Labute approximate surface area is 117 Å². The molecule has 2 rings (SSSR count). The molecule has 2 heterocycles. The second-order valence-corrected chi connectivity index (χ2v) is 6.75. The Hall–Kier alpha value is -0.610. The molecule has 2 bridgehead atoms. The van der Waals surface area contributed by atoms with Crippen LogP contribution in [0.15, 0.2) is 0 Å². The molecule has 19 heavy (non-hydrogen) atoms. The Morgan fingerprint density at radius 2 is 1.89 bits per heavy atom. The standard InChI is InChI=1S/C15H29N3O/c1-10(2)14(16)9-15(19)17-11-7-12-5-4-6-13(8-11)18(12)3/h10-14H,4-9,16H2,1-3H3,(H,17,19). The summed E-state index contributed by atoms with van der Waals surface area (Å²) in [5.41, 5.74) is 5.97. The highest BCUT2D eigenvalue weighted by molar-refractivity contribution is 5.76. The van der Waals surface area contributed by atoms with Gasteiger partial charge in [-0.3, -0.25) is 4.79 Å². The van der Waals surface area contributed by atoms with Gasteiger partial charge in [-0.1, -0.05) is 20.3 Å². The summed E-state index contributed by atoms with van der Waals surface area (Å²) in [5, 5.41) is 3.21. The van der Waals surface area contributed by atoms with Gasteiger partial charge in [0.2, 0.25) is 5.91 Å². The second-order valence-electron chi connectivity index (χ2n) is 6.75. The van der Waals surface area contributed by atoms with E-state index in [9.17, 15) is 4.79 Å². The van der Waals surface area contributed by atoms with Gasteiger partial charge in [0.25, 0.3) is 0 Å². The Morgan fingerprint density at radius 1 is 1.32 bits per heavy atom. The van der Waals surface area contributed by atoms with Crippen LogP contribution in [0.2, 0.25) is 0 Å². The first kappa shape index (κ1) is 14.8. The number of carbonyl (C=O) groups excluding carboxylic acids is 1. The smallest absolute Gasteiger partial charge is 0.221 e. The number of piperidine rings is 2. The lowest BCUT2D eigenvalue weighted by molar-refractivity contribution is -0.123. The molecule has 110 valence electrons. The molecule has 2 aliphatic heterocycles. The molecule has 4 nitrogen and oxygen atoms in total. The molecule has 2 aliphatic rings. The van der Waals surface area contributed by atoms with E-state index in [1.165, 1.54) is 19.3 Å². The lowest BCUT2D eigenvalue weighted by Gasteiger charge is -2.47. The van der Waals surface area contributed by atoms with Gasteiger partial charge >= 0.3 is 0 Å². The van der Waals surface area contributed by atoms with Crippen molar-refractivity contribution in [1.29, 1.82) is 0 Å². The van der Waals surface area contributed by atoms with Crippen molar-refractivity contribution in [3.05, 3.63) is 0 Å². The summed E-state index contributed by atoms with van der Waals surface area (Å²) >= 11 is 0. The van der Waals surface area contributed by atoms with Crippen molar-refractivity contribution < 1.29 is 4.79 Å². The van der Waals surface area contributed by atoms with Crippen LogP contribution in [0.1, 0.15) is 52.4 Å². The van der Waals surface area contributed by atoms with Crippen LogP contribution in [-0.4, -0.2) is 42.0 Å². The number of carbonyl (C=O) groups is 1. The van der Waals surface area contributed by atoms with E-state index >= 15 is 0 Å². The van der Waals surface area contributed by atoms with Gasteiger partial charge in [-0.2, -0.15) is 0 Å². The molecule has 3 unspecified atom stereocenters. The number of hydrogen-bond acceptors (Lipinski definition) is 3. The van der Waals surface area contributed by atoms with Gasteiger partial charge in [-0.05, 0) is 38.6 Å². The Balaban J connectivity index is 1.82. The largest absolute Gasteiger partial charge is 0.353 e. The van der Waals surface area contributed by atoms with Crippen molar-refractivity contribution in [3.8, 4) is 0 Å². The average Bonchev–Trinajstić information content (AvgIpc) is 2.30. The maximum absolute atomic E-state index is 12.0. The maximum atomic E-state index is 12.0. The van der Waals surface area contributed by atoms with Crippen LogP contribution < -0.4 is 11.1 Å². The minimum absolute atomic E-state index is 0.0224. The van der Waals surface area contributed by atoms with E-state index in [-0.39, 0.29) is 11.9 Å². The van der Waals surface area contributed by atoms with E-state index in [1.54, 1.807) is 0 Å². The molecule has 1 amide bonds. The number of amides is 1. The monoisotopic (exact) mass is 267 g/mol. The first-order chi connectivity index (χ1) is 8.97. The fourth-order valence-electron chi connectivity index (χ4n) is 3.47. The van der Waals surface area contributed by atoms with Crippen LogP contribution in [-0.2, 0) is 4.79 Å². The molecule has 4 heteroatoms. The van der Waals surface area contributed by atoms with Gasteiger partial charge in [-0.15, -0.1) is 0 Å². The van der Waals surface area contributed by atoms with Crippen molar-refractivity contribution in [2.75, 3.05) is 7.05 Å². The zero-order valence-electron chi connectivity index (χ0n) is 12.6. The summed E-state index contributed by atoms with van der Waals surface area (Å²) in [6, 6.07) is 1.66. The predicted octanol–water partition coefficient (Wildman–Crippen LogP) is 1.49. The van der Waals surface area contributed by atoms with Gasteiger partial charge in [-0.25, -0.2) is 0 Å². The van der Waals surface area contributed by atoms with Crippen LogP contribution in [0.5, 0.6) is 0 Å². The fraction of sp³-hybridized carbons (Fsp3) is 0.933. The van der Waals surface area contributed by atoms with Gasteiger partial charge in [0.05, 0.1) is 0 Å². The van der Waals surface area contributed by atoms with E-state index in [0.29, 0.717) is 30.5 Å². The first-order valence-corrected chi connectivity index (χ1v) is 7.74. The molecule has 2 fully saturated rings. The molecular weight excluding hydrogens is 238 g/mol. The van der Waals surface area contributed by atoms with Crippen LogP contribution in [0.25, 0.3) is 0 Å². The molecule has 2 saturated heterocycles. The van der Waals surface area contributed by atoms with Crippen molar-refractivity contribution >= 4 is 5.91 Å². The summed E-state index contributed by atoms with van der Waals surface area (Å²) in [6.45, 7) is 4.13. The molecule has 0 saturated carbocycles. The number of nitrogens with zero attached hydrogens (tertiary/aromatic N) is 1. The molecular formula is C15H29N3O. The molecule has 0 spiro atoms. The third-order valence-corrected chi connectivity index (χ3v) is 4.98. The third-order valence-electron chi connectivity index (χ3n) is 4.98. The Morgan fingerprint density at radius 3 is 2.42 bits per heavy atom. The Kier molecular flexibility index (Phi) is 4.85. The third kappa shape index (κ3) is 3.69. The van der Waals surface area contributed by atoms with E-state index in [0.717, 1.165) is 12.8 Å². The lowest BCUT2D eigenvalue weighted by atomic mass is 9.82. The minimum atomic E-state index is -0.0224. The first-order valence-electron chi connectivity index (χ1n) is 7.74. The van der Waals surface area contributed by atoms with Crippen molar-refractivity contribution in [2.24, 2.45) is 11.7 Å². The van der Waals surface area contributed by atoms with Crippen molar-refractivity contribution in [2.45, 2.75) is 76.5 Å². The Bertz CT molecular complexity index is 305. The van der Waals surface area contributed by atoms with Crippen LogP contribution in [0, 0.1) is 5.92 Å². The highest BCUT2D eigenvalue weighted by Crippen LogP contribution is 2.32. The molecule has 3 atom stereocenters. The fourth-order valence-corrected chi connectivity index (χ4v) is 3.47. The highest BCUT2D eigenvalue weighted by Gasteiger charge is 2.36. The molecule has 0 aromatic heterocycles. The zero-order chi connectivity index (χ0) is 14.0. The quantitative estimate of drug-likeness (QED) is 0.811. The lowest BCUT2D eigenvalue weighted by Crippen LogP contribution is -2.55. The summed E-state index contributed by atoms with van der Waals surface area (Å²) in [7, 11) is 2.24. The molecule has 0 aliphatic carbocycles. The van der Waals surface area contributed by atoms with E-state index in [2.05, 4.69) is 31.1 Å². The van der Waals surface area contributed by atoms with Gasteiger partial charge in [0.15, 0.2) is 0 Å². The number of nitrogens with one attached hydrogen (secondary N) is 1. The van der Waals surface area contributed by atoms with Crippen LogP contribution >= 0.6 is 0 Å². The average molecular weight is 267 g/mol.